The number of oxazole rings is 1. The predicted molar refractivity (Wildman–Crippen MR) is 113 cm³/mol. The Labute approximate surface area is 172 Å². The Morgan fingerprint density at radius 2 is 1.86 bits per heavy atom. The number of aromatic nitrogens is 1. The Bertz CT molecular complexity index is 1100. The van der Waals surface area contributed by atoms with Gasteiger partial charge in [0, 0.05) is 18.0 Å². The summed E-state index contributed by atoms with van der Waals surface area (Å²) in [4.78, 5) is 5.11. The Hall–Kier alpha value is -2.44. The first-order chi connectivity index (χ1) is 13.9. The van der Waals surface area contributed by atoms with Gasteiger partial charge < -0.3 is 4.42 Å². The number of hydrogen-bond donors (Lipinski definition) is 0. The molecular formula is C23H26N2O3S. The van der Waals surface area contributed by atoms with Crippen molar-refractivity contribution in [1.82, 2.24) is 9.29 Å². The van der Waals surface area contributed by atoms with Crippen LogP contribution in [0.25, 0.3) is 11.3 Å². The summed E-state index contributed by atoms with van der Waals surface area (Å²) in [5, 5.41) is 0. The van der Waals surface area contributed by atoms with E-state index in [1.807, 2.05) is 43.3 Å². The highest BCUT2D eigenvalue weighted by Crippen LogP contribution is 2.39. The number of benzene rings is 2. The van der Waals surface area contributed by atoms with E-state index in [0.717, 1.165) is 29.0 Å². The monoisotopic (exact) mass is 410 g/mol. The van der Waals surface area contributed by atoms with Gasteiger partial charge in [-0.25, -0.2) is 13.4 Å². The maximum Gasteiger partial charge on any atom is 0.243 e. The lowest BCUT2D eigenvalue weighted by molar-refractivity contribution is 0.317. The van der Waals surface area contributed by atoms with Gasteiger partial charge in [0.1, 0.15) is 17.5 Å². The van der Waals surface area contributed by atoms with Crippen LogP contribution in [-0.2, 0) is 10.0 Å². The molecule has 2 heterocycles. The van der Waals surface area contributed by atoms with Crippen LogP contribution in [0.5, 0.6) is 0 Å². The number of hydrogen-bond acceptors (Lipinski definition) is 4. The molecule has 152 valence electrons. The van der Waals surface area contributed by atoms with E-state index in [-0.39, 0.29) is 12.0 Å². The molecule has 0 spiro atoms. The van der Waals surface area contributed by atoms with Crippen LogP contribution in [0.4, 0.5) is 0 Å². The first kappa shape index (κ1) is 19.9. The summed E-state index contributed by atoms with van der Waals surface area (Å²) in [5.41, 5.74) is 2.71. The lowest BCUT2D eigenvalue weighted by atomic mass is 10.0. The molecule has 1 aliphatic rings. The summed E-state index contributed by atoms with van der Waals surface area (Å²) in [6.07, 6.45) is 1.49. The van der Waals surface area contributed by atoms with Gasteiger partial charge in [0.2, 0.25) is 15.9 Å². The number of sulfonamides is 1. The molecule has 0 radical (unpaired) electrons. The predicted octanol–water partition coefficient (Wildman–Crippen LogP) is 5.30. The van der Waals surface area contributed by atoms with Gasteiger partial charge in [0.15, 0.2) is 0 Å². The topological polar surface area (TPSA) is 63.4 Å². The highest BCUT2D eigenvalue weighted by atomic mass is 32.2. The Morgan fingerprint density at radius 3 is 2.55 bits per heavy atom. The molecule has 0 unspecified atom stereocenters. The second-order valence-electron chi connectivity index (χ2n) is 7.88. The fourth-order valence-electron chi connectivity index (χ4n) is 3.87. The van der Waals surface area contributed by atoms with E-state index in [2.05, 4.69) is 13.8 Å². The smallest absolute Gasteiger partial charge is 0.243 e. The van der Waals surface area contributed by atoms with Crippen molar-refractivity contribution >= 4 is 10.0 Å². The van der Waals surface area contributed by atoms with Crippen molar-refractivity contribution in [3.8, 4) is 11.3 Å². The summed E-state index contributed by atoms with van der Waals surface area (Å²) in [5.74, 6) is 1.43. The fourth-order valence-corrected chi connectivity index (χ4v) is 5.63. The minimum atomic E-state index is -3.61. The zero-order valence-electron chi connectivity index (χ0n) is 17.0. The average molecular weight is 411 g/mol. The normalized spacial score (nSPS) is 17.9. The van der Waals surface area contributed by atoms with E-state index in [1.165, 1.54) is 0 Å². The highest BCUT2D eigenvalue weighted by molar-refractivity contribution is 7.89. The molecule has 0 saturated carbocycles. The van der Waals surface area contributed by atoms with Crippen molar-refractivity contribution in [2.75, 3.05) is 6.54 Å². The summed E-state index contributed by atoms with van der Waals surface area (Å²) in [6, 6.07) is 16.6. The van der Waals surface area contributed by atoms with Gasteiger partial charge in [0.05, 0.1) is 4.90 Å². The highest BCUT2D eigenvalue weighted by Gasteiger charge is 2.39. The van der Waals surface area contributed by atoms with Crippen LogP contribution >= 0.6 is 0 Å². The molecule has 1 saturated heterocycles. The molecule has 2 aromatic carbocycles. The summed E-state index contributed by atoms with van der Waals surface area (Å²) >= 11 is 0. The summed E-state index contributed by atoms with van der Waals surface area (Å²) < 4.78 is 34.4. The van der Waals surface area contributed by atoms with E-state index in [0.29, 0.717) is 23.8 Å². The van der Waals surface area contributed by atoms with Crippen LogP contribution < -0.4 is 0 Å². The van der Waals surface area contributed by atoms with Crippen molar-refractivity contribution in [1.29, 1.82) is 0 Å². The third kappa shape index (κ3) is 3.74. The minimum absolute atomic E-state index is 0.148. The van der Waals surface area contributed by atoms with Crippen molar-refractivity contribution < 1.29 is 12.8 Å². The minimum Gasteiger partial charge on any atom is -0.443 e. The molecule has 4 rings (SSSR count). The zero-order chi connectivity index (χ0) is 20.6. The van der Waals surface area contributed by atoms with Crippen molar-refractivity contribution in [2.24, 2.45) is 0 Å². The third-order valence-corrected chi connectivity index (χ3v) is 7.23. The van der Waals surface area contributed by atoms with Gasteiger partial charge in [-0.15, -0.1) is 0 Å². The molecule has 1 aliphatic heterocycles. The molecule has 0 bridgehead atoms. The van der Waals surface area contributed by atoms with Gasteiger partial charge in [-0.05, 0) is 37.5 Å². The van der Waals surface area contributed by atoms with Crippen LogP contribution in [0.1, 0.15) is 55.9 Å². The number of nitrogens with zero attached hydrogens (tertiary/aromatic N) is 2. The first-order valence-corrected chi connectivity index (χ1v) is 11.5. The molecule has 1 fully saturated rings. The quantitative estimate of drug-likeness (QED) is 0.573. The van der Waals surface area contributed by atoms with Crippen LogP contribution in [0.15, 0.2) is 63.9 Å². The fraction of sp³-hybridized carbons (Fsp3) is 0.348. The molecule has 0 amide bonds. The van der Waals surface area contributed by atoms with Gasteiger partial charge >= 0.3 is 0 Å². The lowest BCUT2D eigenvalue weighted by Crippen LogP contribution is -2.30. The molecule has 1 atom stereocenters. The molecule has 5 nitrogen and oxygen atoms in total. The van der Waals surface area contributed by atoms with E-state index >= 15 is 0 Å². The second-order valence-corrected chi connectivity index (χ2v) is 9.77. The van der Waals surface area contributed by atoms with Gasteiger partial charge in [-0.3, -0.25) is 0 Å². The van der Waals surface area contributed by atoms with Crippen LogP contribution in [0, 0.1) is 6.92 Å². The molecule has 3 aromatic rings. The van der Waals surface area contributed by atoms with Crippen LogP contribution in [-0.4, -0.2) is 24.3 Å². The SMILES string of the molecule is Cc1cccc(S(=O)(=O)N2CCC[C@@H]2c2nc(-c3ccccc3)c(C(C)C)o2)c1. The summed E-state index contributed by atoms with van der Waals surface area (Å²) in [7, 11) is -3.61. The number of aryl methyl sites for hydroxylation is 1. The number of rotatable bonds is 5. The zero-order valence-corrected chi connectivity index (χ0v) is 17.8. The molecule has 0 N–H and O–H groups in total. The van der Waals surface area contributed by atoms with Crippen molar-refractivity contribution in [2.45, 2.75) is 50.5 Å². The van der Waals surface area contributed by atoms with Crippen molar-refractivity contribution in [3.63, 3.8) is 0 Å². The Kier molecular flexibility index (Phi) is 5.32. The standard InChI is InChI=1S/C23H26N2O3S/c1-16(2)22-21(18-10-5-4-6-11-18)24-23(28-22)20-13-8-14-25(20)29(26,27)19-12-7-9-17(3)15-19/h4-7,9-12,15-16,20H,8,13-14H2,1-3H3/t20-/m1/s1. The van der Waals surface area contributed by atoms with Crippen LogP contribution in [0.3, 0.4) is 0 Å². The van der Waals surface area contributed by atoms with Crippen molar-refractivity contribution in [3.05, 3.63) is 71.8 Å². The molecule has 6 heteroatoms. The Morgan fingerprint density at radius 1 is 1.10 bits per heavy atom. The van der Waals surface area contributed by atoms with E-state index in [9.17, 15) is 8.42 Å². The van der Waals surface area contributed by atoms with Gasteiger partial charge in [0.25, 0.3) is 0 Å². The lowest BCUT2D eigenvalue weighted by Gasteiger charge is -2.22. The second kappa shape index (κ2) is 7.76. The molecular weight excluding hydrogens is 384 g/mol. The third-order valence-electron chi connectivity index (χ3n) is 5.33. The van der Waals surface area contributed by atoms with E-state index < -0.39 is 10.0 Å². The van der Waals surface area contributed by atoms with Crippen LogP contribution in [0.2, 0.25) is 0 Å². The Balaban J connectivity index is 1.75. The summed E-state index contributed by atoms with van der Waals surface area (Å²) in [6.45, 7) is 6.50. The largest absolute Gasteiger partial charge is 0.443 e. The maximum atomic E-state index is 13.3. The maximum absolute atomic E-state index is 13.3. The first-order valence-electron chi connectivity index (χ1n) is 10.0. The van der Waals surface area contributed by atoms with Gasteiger partial charge in [-0.2, -0.15) is 4.31 Å². The van der Waals surface area contributed by atoms with E-state index in [4.69, 9.17) is 9.40 Å². The van der Waals surface area contributed by atoms with Gasteiger partial charge in [-0.1, -0.05) is 56.3 Å². The molecule has 29 heavy (non-hydrogen) atoms. The molecule has 1 aromatic heterocycles. The average Bonchev–Trinajstić information content (AvgIpc) is 3.36. The molecule has 0 aliphatic carbocycles. The van der Waals surface area contributed by atoms with E-state index in [1.54, 1.807) is 22.5 Å².